The second-order valence-electron chi connectivity index (χ2n) is 5.66. The molecule has 0 saturated carbocycles. The number of amides is 1. The van der Waals surface area contributed by atoms with Crippen molar-refractivity contribution in [3.8, 4) is 17.2 Å². The van der Waals surface area contributed by atoms with Gasteiger partial charge in [0.1, 0.15) is 17.3 Å². The standard InChI is InChI=1S/C19H16N4O4/c1-25-14-5-2-12(3-6-14)23-19(24)15-9-21-18(10-20-15)22-13-4-7-16-17(8-13)27-11-26-16/h2-10H,11H2,1H3,(H,21,22)(H,23,24). The van der Waals surface area contributed by atoms with E-state index in [1.807, 2.05) is 18.2 Å². The molecule has 136 valence electrons. The van der Waals surface area contributed by atoms with Crippen LogP contribution in [0.2, 0.25) is 0 Å². The molecule has 0 spiro atoms. The van der Waals surface area contributed by atoms with Gasteiger partial charge in [-0.25, -0.2) is 9.97 Å². The van der Waals surface area contributed by atoms with Crippen LogP contribution in [-0.2, 0) is 0 Å². The fourth-order valence-corrected chi connectivity index (χ4v) is 2.50. The van der Waals surface area contributed by atoms with E-state index < -0.39 is 0 Å². The van der Waals surface area contributed by atoms with E-state index >= 15 is 0 Å². The first-order valence-electron chi connectivity index (χ1n) is 8.15. The topological polar surface area (TPSA) is 94.6 Å². The number of rotatable bonds is 5. The zero-order valence-electron chi connectivity index (χ0n) is 14.4. The van der Waals surface area contributed by atoms with Crippen molar-refractivity contribution < 1.29 is 19.0 Å². The van der Waals surface area contributed by atoms with Crippen LogP contribution in [-0.4, -0.2) is 29.8 Å². The van der Waals surface area contributed by atoms with Crippen molar-refractivity contribution in [1.82, 2.24) is 9.97 Å². The predicted octanol–water partition coefficient (Wildman–Crippen LogP) is 3.21. The summed E-state index contributed by atoms with van der Waals surface area (Å²) in [4.78, 5) is 20.7. The third-order valence-electron chi connectivity index (χ3n) is 3.88. The zero-order valence-corrected chi connectivity index (χ0v) is 14.4. The number of fused-ring (bicyclic) bond motifs is 1. The van der Waals surface area contributed by atoms with Crippen molar-refractivity contribution in [2.75, 3.05) is 24.5 Å². The van der Waals surface area contributed by atoms with Crippen LogP contribution in [0, 0.1) is 0 Å². The van der Waals surface area contributed by atoms with Crippen LogP contribution < -0.4 is 24.8 Å². The number of hydrogen-bond donors (Lipinski definition) is 2. The summed E-state index contributed by atoms with van der Waals surface area (Å²) >= 11 is 0. The summed E-state index contributed by atoms with van der Waals surface area (Å²) in [6, 6.07) is 12.5. The lowest BCUT2D eigenvalue weighted by Gasteiger charge is -2.08. The average molecular weight is 364 g/mol. The molecule has 2 heterocycles. The predicted molar refractivity (Wildman–Crippen MR) is 98.8 cm³/mol. The van der Waals surface area contributed by atoms with E-state index in [0.717, 1.165) is 5.69 Å². The molecule has 0 radical (unpaired) electrons. The molecular formula is C19H16N4O4. The molecule has 27 heavy (non-hydrogen) atoms. The molecule has 2 N–H and O–H groups in total. The molecule has 8 heteroatoms. The highest BCUT2D eigenvalue weighted by Crippen LogP contribution is 2.34. The first-order chi connectivity index (χ1) is 13.2. The Labute approximate surface area is 155 Å². The lowest BCUT2D eigenvalue weighted by molar-refractivity contribution is 0.102. The van der Waals surface area contributed by atoms with E-state index in [1.54, 1.807) is 31.4 Å². The molecule has 4 rings (SSSR count). The second kappa shape index (κ2) is 7.20. The lowest BCUT2D eigenvalue weighted by atomic mass is 10.3. The van der Waals surface area contributed by atoms with Crippen LogP contribution in [0.5, 0.6) is 17.2 Å². The quantitative estimate of drug-likeness (QED) is 0.718. The van der Waals surface area contributed by atoms with Gasteiger partial charge in [0.05, 0.1) is 19.5 Å². The summed E-state index contributed by atoms with van der Waals surface area (Å²) in [6.07, 6.45) is 2.90. The van der Waals surface area contributed by atoms with Crippen molar-refractivity contribution in [3.63, 3.8) is 0 Å². The van der Waals surface area contributed by atoms with Crippen molar-refractivity contribution in [2.24, 2.45) is 0 Å². The van der Waals surface area contributed by atoms with Crippen molar-refractivity contribution >= 4 is 23.1 Å². The largest absolute Gasteiger partial charge is 0.497 e. The number of ether oxygens (including phenoxy) is 3. The van der Waals surface area contributed by atoms with E-state index in [1.165, 1.54) is 12.4 Å². The van der Waals surface area contributed by atoms with Gasteiger partial charge in [-0.15, -0.1) is 0 Å². The van der Waals surface area contributed by atoms with E-state index in [0.29, 0.717) is 28.8 Å². The number of benzene rings is 2. The van der Waals surface area contributed by atoms with E-state index in [-0.39, 0.29) is 18.4 Å². The smallest absolute Gasteiger partial charge is 0.275 e. The van der Waals surface area contributed by atoms with Crippen LogP contribution in [0.15, 0.2) is 54.9 Å². The van der Waals surface area contributed by atoms with Crippen molar-refractivity contribution in [1.29, 1.82) is 0 Å². The minimum Gasteiger partial charge on any atom is -0.497 e. The number of hydrogen-bond acceptors (Lipinski definition) is 7. The first-order valence-corrected chi connectivity index (χ1v) is 8.15. The van der Waals surface area contributed by atoms with Gasteiger partial charge in [-0.1, -0.05) is 0 Å². The Bertz CT molecular complexity index is 958. The minimum atomic E-state index is -0.345. The monoisotopic (exact) mass is 364 g/mol. The second-order valence-corrected chi connectivity index (χ2v) is 5.66. The summed E-state index contributed by atoms with van der Waals surface area (Å²) in [5.74, 6) is 2.25. The fraction of sp³-hybridized carbons (Fsp3) is 0.105. The summed E-state index contributed by atoms with van der Waals surface area (Å²) in [5.41, 5.74) is 1.64. The van der Waals surface area contributed by atoms with E-state index in [4.69, 9.17) is 14.2 Å². The first kappa shape index (κ1) is 16.6. The molecule has 0 unspecified atom stereocenters. The number of aromatic nitrogens is 2. The third-order valence-corrected chi connectivity index (χ3v) is 3.88. The van der Waals surface area contributed by atoms with Gasteiger partial charge in [0, 0.05) is 17.4 Å². The highest BCUT2D eigenvalue weighted by atomic mass is 16.7. The van der Waals surface area contributed by atoms with Crippen LogP contribution in [0.1, 0.15) is 10.5 Å². The maximum atomic E-state index is 12.3. The van der Waals surface area contributed by atoms with Crippen LogP contribution in [0.4, 0.5) is 17.2 Å². The van der Waals surface area contributed by atoms with Crippen LogP contribution in [0.3, 0.4) is 0 Å². The van der Waals surface area contributed by atoms with Crippen molar-refractivity contribution in [3.05, 3.63) is 60.6 Å². The Morgan fingerprint density at radius 3 is 2.52 bits per heavy atom. The van der Waals surface area contributed by atoms with E-state index in [9.17, 15) is 4.79 Å². The molecule has 0 aliphatic carbocycles. The Morgan fingerprint density at radius 1 is 1.00 bits per heavy atom. The number of anilines is 3. The van der Waals surface area contributed by atoms with Gasteiger partial charge in [0.25, 0.3) is 5.91 Å². The number of methoxy groups -OCH3 is 1. The SMILES string of the molecule is COc1ccc(NC(=O)c2cnc(Nc3ccc4c(c3)OCO4)cn2)cc1. The molecule has 0 bridgehead atoms. The Kier molecular flexibility index (Phi) is 4.44. The Hall–Kier alpha value is -3.81. The van der Waals surface area contributed by atoms with Gasteiger partial charge in [-0.05, 0) is 36.4 Å². The maximum absolute atomic E-state index is 12.3. The highest BCUT2D eigenvalue weighted by Gasteiger charge is 2.14. The highest BCUT2D eigenvalue weighted by molar-refractivity contribution is 6.02. The van der Waals surface area contributed by atoms with Crippen molar-refractivity contribution in [2.45, 2.75) is 0 Å². The molecule has 1 amide bonds. The minimum absolute atomic E-state index is 0.210. The number of nitrogens with zero attached hydrogens (tertiary/aromatic N) is 2. The Morgan fingerprint density at radius 2 is 1.78 bits per heavy atom. The summed E-state index contributed by atoms with van der Waals surface area (Å²) < 4.78 is 15.7. The van der Waals surface area contributed by atoms with Gasteiger partial charge in [0.2, 0.25) is 6.79 Å². The molecule has 1 aliphatic rings. The van der Waals surface area contributed by atoms with E-state index in [2.05, 4.69) is 20.6 Å². The van der Waals surface area contributed by atoms with Crippen LogP contribution >= 0.6 is 0 Å². The summed E-state index contributed by atoms with van der Waals surface area (Å²) in [7, 11) is 1.59. The molecule has 2 aromatic carbocycles. The fourth-order valence-electron chi connectivity index (χ4n) is 2.50. The molecule has 0 saturated heterocycles. The van der Waals surface area contributed by atoms with Gasteiger partial charge >= 0.3 is 0 Å². The van der Waals surface area contributed by atoms with Gasteiger partial charge in [-0.2, -0.15) is 0 Å². The van der Waals surface area contributed by atoms with Gasteiger partial charge < -0.3 is 24.8 Å². The number of carbonyl (C=O) groups excluding carboxylic acids is 1. The number of nitrogens with one attached hydrogen (secondary N) is 2. The number of carbonyl (C=O) groups is 1. The molecule has 1 aliphatic heterocycles. The molecular weight excluding hydrogens is 348 g/mol. The summed E-state index contributed by atoms with van der Waals surface area (Å²) in [5, 5.41) is 5.87. The maximum Gasteiger partial charge on any atom is 0.275 e. The average Bonchev–Trinajstić information content (AvgIpc) is 3.17. The summed E-state index contributed by atoms with van der Waals surface area (Å²) in [6.45, 7) is 0.219. The van der Waals surface area contributed by atoms with Crippen LogP contribution in [0.25, 0.3) is 0 Å². The van der Waals surface area contributed by atoms with Gasteiger partial charge in [-0.3, -0.25) is 4.79 Å². The third kappa shape index (κ3) is 3.74. The van der Waals surface area contributed by atoms with Gasteiger partial charge in [0.15, 0.2) is 11.5 Å². The molecule has 0 fully saturated rings. The molecule has 8 nitrogen and oxygen atoms in total. The Balaban J connectivity index is 1.41. The molecule has 0 atom stereocenters. The lowest BCUT2D eigenvalue weighted by Crippen LogP contribution is -2.14. The normalized spacial score (nSPS) is 11.7. The molecule has 3 aromatic rings. The zero-order chi connectivity index (χ0) is 18.6. The molecule has 1 aromatic heterocycles.